The molecule has 148 valence electrons. The van der Waals surface area contributed by atoms with Crippen LogP contribution in [0.25, 0.3) is 28.1 Å². The summed E-state index contributed by atoms with van der Waals surface area (Å²) in [5.74, 6) is 0.456. The van der Waals surface area contributed by atoms with Gasteiger partial charge in [-0.15, -0.1) is 0 Å². The molecule has 3 aromatic heterocycles. The van der Waals surface area contributed by atoms with Crippen molar-refractivity contribution in [2.24, 2.45) is 0 Å². The smallest absolute Gasteiger partial charge is 0.166 e. The van der Waals surface area contributed by atoms with E-state index in [-0.39, 0.29) is 6.42 Å². The Kier molecular flexibility index (Phi) is 4.55. The molecule has 1 atom stereocenters. The highest BCUT2D eigenvalue weighted by Crippen LogP contribution is 2.31. The molecule has 8 heteroatoms. The molecule has 1 unspecified atom stereocenters. The molecule has 0 bridgehead atoms. The first kappa shape index (κ1) is 17.9. The minimum atomic E-state index is -0.998. The molecular formula is C21H19F2N5O. The Bertz CT molecular complexity index is 1120. The molecule has 1 saturated heterocycles. The first-order chi connectivity index (χ1) is 14.2. The standard InChI is InChI=1S/C21H19F2N5O/c22-15-1-3-16(4-2-15)28-19-13-24-6-5-18(19)26-20(28)14-11-17(23)21(25-12-14)27-7-9-29-10-8-27/h1,3-6,11-13,15H,2,7-10H2. The number of hydrogen-bond acceptors (Lipinski definition) is 5. The quantitative estimate of drug-likeness (QED) is 0.678. The van der Waals surface area contributed by atoms with E-state index in [4.69, 9.17) is 4.74 Å². The van der Waals surface area contributed by atoms with Crippen LogP contribution in [0, 0.1) is 5.82 Å². The van der Waals surface area contributed by atoms with Gasteiger partial charge in [-0.05, 0) is 24.3 Å². The largest absolute Gasteiger partial charge is 0.378 e. The van der Waals surface area contributed by atoms with Gasteiger partial charge in [-0.25, -0.2) is 18.7 Å². The number of halogens is 2. The molecule has 0 aromatic carbocycles. The number of ether oxygens (including phenoxy) is 1. The monoisotopic (exact) mass is 395 g/mol. The Hall–Kier alpha value is -3.13. The van der Waals surface area contributed by atoms with E-state index >= 15 is 0 Å². The van der Waals surface area contributed by atoms with Gasteiger partial charge in [0, 0.05) is 43.2 Å². The van der Waals surface area contributed by atoms with Crippen molar-refractivity contribution < 1.29 is 13.5 Å². The molecule has 1 aliphatic heterocycles. The Morgan fingerprint density at radius 3 is 2.79 bits per heavy atom. The summed E-state index contributed by atoms with van der Waals surface area (Å²) in [7, 11) is 0. The van der Waals surface area contributed by atoms with Crippen molar-refractivity contribution in [3.8, 4) is 11.4 Å². The highest BCUT2D eigenvalue weighted by molar-refractivity contribution is 5.86. The minimum Gasteiger partial charge on any atom is -0.378 e. The van der Waals surface area contributed by atoms with Crippen LogP contribution >= 0.6 is 0 Å². The molecule has 0 amide bonds. The number of allylic oxidation sites excluding steroid dienone is 4. The molecular weight excluding hydrogens is 376 g/mol. The summed E-state index contributed by atoms with van der Waals surface area (Å²) < 4.78 is 35.7. The summed E-state index contributed by atoms with van der Waals surface area (Å²) in [5, 5.41) is 0. The lowest BCUT2D eigenvalue weighted by molar-refractivity contribution is 0.122. The van der Waals surface area contributed by atoms with Crippen molar-refractivity contribution in [3.05, 3.63) is 54.8 Å². The second-order valence-corrected chi connectivity index (χ2v) is 7.00. The van der Waals surface area contributed by atoms with Gasteiger partial charge >= 0.3 is 0 Å². The number of imidazole rings is 1. The fourth-order valence-corrected chi connectivity index (χ4v) is 3.69. The third-order valence-electron chi connectivity index (χ3n) is 5.13. The summed E-state index contributed by atoms with van der Waals surface area (Å²) in [5.41, 5.74) is 2.83. The molecule has 2 aliphatic rings. The number of hydrogen-bond donors (Lipinski definition) is 0. The number of nitrogens with zero attached hydrogens (tertiary/aromatic N) is 5. The zero-order valence-corrected chi connectivity index (χ0v) is 15.6. The van der Waals surface area contributed by atoms with Crippen LogP contribution in [0.15, 0.2) is 49.0 Å². The number of anilines is 1. The number of aromatic nitrogens is 4. The van der Waals surface area contributed by atoms with Crippen molar-refractivity contribution >= 4 is 22.5 Å². The van der Waals surface area contributed by atoms with Gasteiger partial charge in [0.2, 0.25) is 0 Å². The number of morpholine rings is 1. The zero-order chi connectivity index (χ0) is 19.8. The lowest BCUT2D eigenvalue weighted by Crippen LogP contribution is -2.37. The van der Waals surface area contributed by atoms with Gasteiger partial charge < -0.3 is 9.64 Å². The van der Waals surface area contributed by atoms with Gasteiger partial charge in [-0.1, -0.05) is 6.08 Å². The summed E-state index contributed by atoms with van der Waals surface area (Å²) >= 11 is 0. The van der Waals surface area contributed by atoms with Crippen LogP contribution < -0.4 is 4.90 Å². The van der Waals surface area contributed by atoms with E-state index in [1.807, 2.05) is 15.5 Å². The molecule has 1 fully saturated rings. The van der Waals surface area contributed by atoms with Gasteiger partial charge in [0.25, 0.3) is 0 Å². The molecule has 0 N–H and O–H groups in total. The fraction of sp³-hybridized carbons (Fsp3) is 0.286. The van der Waals surface area contributed by atoms with E-state index in [1.165, 1.54) is 12.1 Å². The maximum atomic E-state index is 14.9. The average Bonchev–Trinajstić information content (AvgIpc) is 3.14. The van der Waals surface area contributed by atoms with Crippen LogP contribution in [0.4, 0.5) is 14.6 Å². The third kappa shape index (κ3) is 3.29. The third-order valence-corrected chi connectivity index (χ3v) is 5.13. The Morgan fingerprint density at radius 1 is 1.17 bits per heavy atom. The van der Waals surface area contributed by atoms with E-state index in [1.54, 1.807) is 30.7 Å². The number of rotatable bonds is 3. The van der Waals surface area contributed by atoms with Crippen LogP contribution in [0.5, 0.6) is 0 Å². The van der Waals surface area contributed by atoms with E-state index < -0.39 is 12.0 Å². The molecule has 0 radical (unpaired) electrons. The molecule has 29 heavy (non-hydrogen) atoms. The van der Waals surface area contributed by atoms with E-state index in [9.17, 15) is 8.78 Å². The van der Waals surface area contributed by atoms with Crippen LogP contribution in [0.1, 0.15) is 6.42 Å². The maximum Gasteiger partial charge on any atom is 0.166 e. The Labute approximate surface area is 166 Å². The van der Waals surface area contributed by atoms with Crippen molar-refractivity contribution in [3.63, 3.8) is 0 Å². The summed E-state index contributed by atoms with van der Waals surface area (Å²) in [6, 6.07) is 3.25. The van der Waals surface area contributed by atoms with Crippen molar-refractivity contribution in [1.29, 1.82) is 0 Å². The van der Waals surface area contributed by atoms with Crippen LogP contribution in [0.2, 0.25) is 0 Å². The number of fused-ring (bicyclic) bond motifs is 1. The lowest BCUT2D eigenvalue weighted by atomic mass is 10.1. The normalized spacial score (nSPS) is 19.6. The second kappa shape index (κ2) is 7.36. The van der Waals surface area contributed by atoms with E-state index in [2.05, 4.69) is 15.0 Å². The molecule has 6 nitrogen and oxygen atoms in total. The second-order valence-electron chi connectivity index (χ2n) is 7.00. The van der Waals surface area contributed by atoms with Crippen molar-refractivity contribution in [1.82, 2.24) is 19.5 Å². The van der Waals surface area contributed by atoms with Crippen LogP contribution in [-0.2, 0) is 4.74 Å². The van der Waals surface area contributed by atoms with Gasteiger partial charge in [0.05, 0.1) is 30.4 Å². The molecule has 4 heterocycles. The van der Waals surface area contributed by atoms with Gasteiger partial charge in [-0.3, -0.25) is 9.55 Å². The topological polar surface area (TPSA) is 56.1 Å². The predicted octanol–water partition coefficient (Wildman–Crippen LogP) is 3.61. The lowest BCUT2D eigenvalue weighted by Gasteiger charge is -2.28. The molecule has 3 aromatic rings. The zero-order valence-electron chi connectivity index (χ0n) is 15.6. The van der Waals surface area contributed by atoms with Crippen LogP contribution in [-0.4, -0.2) is 52.0 Å². The average molecular weight is 395 g/mol. The SMILES string of the molecule is Fc1cc(-c2nc3ccncc3n2C2=CCC(F)C=C2)cnc1N1CCOCC1. The summed E-state index contributed by atoms with van der Waals surface area (Å²) in [6.07, 6.45) is 9.33. The molecule has 0 saturated carbocycles. The van der Waals surface area contributed by atoms with Gasteiger partial charge in [0.15, 0.2) is 11.6 Å². The predicted molar refractivity (Wildman–Crippen MR) is 107 cm³/mol. The van der Waals surface area contributed by atoms with Gasteiger partial charge in [0.1, 0.15) is 12.0 Å². The highest BCUT2D eigenvalue weighted by atomic mass is 19.1. The number of alkyl halides is 1. The number of pyridine rings is 2. The molecule has 5 rings (SSSR count). The fourth-order valence-electron chi connectivity index (χ4n) is 3.69. The Morgan fingerprint density at radius 2 is 2.03 bits per heavy atom. The van der Waals surface area contributed by atoms with Crippen molar-refractivity contribution in [2.45, 2.75) is 12.6 Å². The summed E-state index contributed by atoms with van der Waals surface area (Å²) in [6.45, 7) is 2.33. The summed E-state index contributed by atoms with van der Waals surface area (Å²) in [4.78, 5) is 15.1. The van der Waals surface area contributed by atoms with E-state index in [0.29, 0.717) is 43.5 Å². The Balaban J connectivity index is 1.61. The first-order valence-electron chi connectivity index (χ1n) is 9.54. The van der Waals surface area contributed by atoms with Crippen molar-refractivity contribution in [2.75, 3.05) is 31.2 Å². The minimum absolute atomic E-state index is 0.286. The maximum absolute atomic E-state index is 14.9. The van der Waals surface area contributed by atoms with Crippen LogP contribution in [0.3, 0.4) is 0 Å². The van der Waals surface area contributed by atoms with Gasteiger partial charge in [-0.2, -0.15) is 0 Å². The highest BCUT2D eigenvalue weighted by Gasteiger charge is 2.21. The molecule has 1 aliphatic carbocycles. The first-order valence-corrected chi connectivity index (χ1v) is 9.54. The van der Waals surface area contributed by atoms with E-state index in [0.717, 1.165) is 16.7 Å². The molecule has 0 spiro atoms.